The monoisotopic (exact) mass is 318 g/mol. The van der Waals surface area contributed by atoms with Crippen LogP contribution in [0.3, 0.4) is 0 Å². The molecule has 0 radical (unpaired) electrons. The summed E-state index contributed by atoms with van der Waals surface area (Å²) in [4.78, 5) is 37.3. The van der Waals surface area contributed by atoms with Crippen LogP contribution in [0.2, 0.25) is 0 Å². The Morgan fingerprint density at radius 3 is 2.26 bits per heavy atom. The molecule has 7 nitrogen and oxygen atoms in total. The first kappa shape index (κ1) is 15.3. The van der Waals surface area contributed by atoms with E-state index in [0.29, 0.717) is 35.3 Å². The van der Waals surface area contributed by atoms with Crippen LogP contribution in [0.5, 0.6) is 0 Å². The summed E-state index contributed by atoms with van der Waals surface area (Å²) in [6, 6.07) is 3.37. The van der Waals surface area contributed by atoms with Crippen molar-refractivity contribution in [2.75, 3.05) is 13.1 Å². The molecule has 1 N–H and O–H groups in total. The lowest BCUT2D eigenvalue weighted by atomic mass is 10.1. The summed E-state index contributed by atoms with van der Waals surface area (Å²) < 4.78 is 10.5. The standard InChI is InChI=1S/C16H18N2O5/c1-16(2,3)23-15(21)17-7-4-8-18-13(19)11-9-5-6-10(22-9)12(11)14(18)20/h5-6H,4,7-8H2,1-3H3,(H,17,21). The van der Waals surface area contributed by atoms with Crippen LogP contribution in [-0.2, 0) is 4.74 Å². The number of furan rings is 2. The van der Waals surface area contributed by atoms with E-state index in [2.05, 4.69) is 5.32 Å². The molecule has 1 aliphatic rings. The van der Waals surface area contributed by atoms with Crippen LogP contribution in [0, 0.1) is 0 Å². The van der Waals surface area contributed by atoms with E-state index in [1.54, 1.807) is 32.9 Å². The van der Waals surface area contributed by atoms with Gasteiger partial charge in [0.2, 0.25) is 0 Å². The van der Waals surface area contributed by atoms with Gasteiger partial charge in [0.05, 0.1) is 11.1 Å². The molecule has 3 heterocycles. The van der Waals surface area contributed by atoms with Crippen molar-refractivity contribution < 1.29 is 23.5 Å². The second kappa shape index (κ2) is 5.26. The van der Waals surface area contributed by atoms with Crippen molar-refractivity contribution in [3.8, 4) is 0 Å². The quantitative estimate of drug-likeness (QED) is 0.690. The van der Waals surface area contributed by atoms with Crippen molar-refractivity contribution in [1.82, 2.24) is 10.2 Å². The molecule has 0 aromatic carbocycles. The van der Waals surface area contributed by atoms with Gasteiger partial charge >= 0.3 is 6.09 Å². The summed E-state index contributed by atoms with van der Waals surface area (Å²) in [5.41, 5.74) is 1.04. The Morgan fingerprint density at radius 1 is 1.17 bits per heavy atom. The smallest absolute Gasteiger partial charge is 0.407 e. The van der Waals surface area contributed by atoms with Crippen LogP contribution in [0.4, 0.5) is 4.79 Å². The lowest BCUT2D eigenvalue weighted by Gasteiger charge is -2.20. The van der Waals surface area contributed by atoms with Crippen molar-refractivity contribution in [2.24, 2.45) is 0 Å². The van der Waals surface area contributed by atoms with Crippen LogP contribution in [-0.4, -0.2) is 41.5 Å². The molecule has 23 heavy (non-hydrogen) atoms. The van der Waals surface area contributed by atoms with E-state index in [9.17, 15) is 14.4 Å². The molecular formula is C16H18N2O5. The van der Waals surface area contributed by atoms with Gasteiger partial charge in [-0.25, -0.2) is 4.79 Å². The van der Waals surface area contributed by atoms with Gasteiger partial charge in [0.1, 0.15) is 16.8 Å². The number of ether oxygens (including phenoxy) is 1. The molecule has 0 aliphatic carbocycles. The van der Waals surface area contributed by atoms with Gasteiger partial charge in [-0.15, -0.1) is 0 Å². The van der Waals surface area contributed by atoms with E-state index >= 15 is 0 Å². The summed E-state index contributed by atoms with van der Waals surface area (Å²) >= 11 is 0. The Kier molecular flexibility index (Phi) is 3.50. The molecular weight excluding hydrogens is 300 g/mol. The Labute approximate surface area is 132 Å². The zero-order chi connectivity index (χ0) is 16.8. The molecule has 2 aromatic heterocycles. The van der Waals surface area contributed by atoms with Gasteiger partial charge in [-0.3, -0.25) is 14.5 Å². The Balaban J connectivity index is 1.53. The third kappa shape index (κ3) is 2.74. The number of hydrogen-bond acceptors (Lipinski definition) is 5. The van der Waals surface area contributed by atoms with Gasteiger partial charge in [0.25, 0.3) is 11.8 Å². The molecule has 0 saturated carbocycles. The number of benzene rings is 1. The van der Waals surface area contributed by atoms with E-state index < -0.39 is 11.7 Å². The van der Waals surface area contributed by atoms with Gasteiger partial charge in [0.15, 0.2) is 0 Å². The summed E-state index contributed by atoms with van der Waals surface area (Å²) in [6.45, 7) is 5.89. The molecule has 0 spiro atoms. The van der Waals surface area contributed by atoms with E-state index in [4.69, 9.17) is 9.15 Å². The number of fused-ring (bicyclic) bond motifs is 5. The fourth-order valence-electron chi connectivity index (χ4n) is 2.58. The first-order valence-electron chi connectivity index (χ1n) is 7.46. The highest BCUT2D eigenvalue weighted by Crippen LogP contribution is 2.35. The van der Waals surface area contributed by atoms with Crippen LogP contribution in [0.15, 0.2) is 16.5 Å². The highest BCUT2D eigenvalue weighted by Gasteiger charge is 2.41. The Morgan fingerprint density at radius 2 is 1.74 bits per heavy atom. The van der Waals surface area contributed by atoms with E-state index in [1.165, 1.54) is 4.90 Å². The molecule has 0 atom stereocenters. The van der Waals surface area contributed by atoms with Gasteiger partial charge in [0, 0.05) is 13.1 Å². The highest BCUT2D eigenvalue weighted by atomic mass is 16.6. The van der Waals surface area contributed by atoms with Crippen molar-refractivity contribution in [3.63, 3.8) is 0 Å². The van der Waals surface area contributed by atoms with Gasteiger partial charge in [-0.05, 0) is 39.3 Å². The Bertz CT molecular complexity index is 726. The molecule has 3 amide bonds. The first-order valence-corrected chi connectivity index (χ1v) is 7.46. The fraction of sp³-hybridized carbons (Fsp3) is 0.438. The van der Waals surface area contributed by atoms with Crippen molar-refractivity contribution >= 4 is 29.1 Å². The predicted molar refractivity (Wildman–Crippen MR) is 81.6 cm³/mol. The third-order valence-corrected chi connectivity index (χ3v) is 3.49. The number of nitrogens with zero attached hydrogens (tertiary/aromatic N) is 1. The maximum absolute atomic E-state index is 12.3. The predicted octanol–water partition coefficient (Wildman–Crippen LogP) is 2.38. The highest BCUT2D eigenvalue weighted by molar-refractivity contribution is 6.27. The summed E-state index contributed by atoms with van der Waals surface area (Å²) in [5, 5.41) is 2.60. The minimum absolute atomic E-state index is 0.237. The molecule has 0 fully saturated rings. The minimum Gasteiger partial charge on any atom is -0.456 e. The first-order chi connectivity index (χ1) is 10.8. The number of amides is 3. The lowest BCUT2D eigenvalue weighted by molar-refractivity contribution is 0.0526. The van der Waals surface area contributed by atoms with Crippen LogP contribution >= 0.6 is 0 Å². The number of alkyl carbamates (subject to hydrolysis) is 1. The summed E-state index contributed by atoms with van der Waals surface area (Å²) in [7, 11) is 0. The zero-order valence-electron chi connectivity index (χ0n) is 13.3. The number of imide groups is 1. The number of carbonyl (C=O) groups is 3. The minimum atomic E-state index is -0.559. The Hall–Kier alpha value is -2.57. The van der Waals surface area contributed by atoms with E-state index in [1.807, 2.05) is 0 Å². The van der Waals surface area contributed by atoms with Crippen LogP contribution in [0.25, 0.3) is 11.2 Å². The second-order valence-corrected chi connectivity index (χ2v) is 6.46. The number of nitrogens with one attached hydrogen (secondary N) is 1. The molecule has 2 aromatic rings. The zero-order valence-corrected chi connectivity index (χ0v) is 13.3. The maximum atomic E-state index is 12.3. The van der Waals surface area contributed by atoms with Crippen LogP contribution < -0.4 is 5.32 Å². The lowest BCUT2D eigenvalue weighted by Crippen LogP contribution is -2.36. The van der Waals surface area contributed by atoms with Crippen LogP contribution in [0.1, 0.15) is 47.9 Å². The van der Waals surface area contributed by atoms with Crippen molar-refractivity contribution in [1.29, 1.82) is 0 Å². The maximum Gasteiger partial charge on any atom is 0.407 e. The molecule has 0 unspecified atom stereocenters. The number of rotatable bonds is 4. The van der Waals surface area contributed by atoms with E-state index in [0.717, 1.165) is 0 Å². The molecule has 7 heteroatoms. The second-order valence-electron chi connectivity index (χ2n) is 6.46. The van der Waals surface area contributed by atoms with Gasteiger partial charge < -0.3 is 14.5 Å². The molecule has 122 valence electrons. The average molecular weight is 318 g/mol. The normalized spacial score (nSPS) is 14.7. The largest absolute Gasteiger partial charge is 0.456 e. The fourth-order valence-corrected chi connectivity index (χ4v) is 2.58. The summed E-state index contributed by atoms with van der Waals surface area (Å²) in [6.07, 6.45) is -0.0603. The number of hydrogen-bond donors (Lipinski definition) is 1. The summed E-state index contributed by atoms with van der Waals surface area (Å²) in [5.74, 6) is -0.673. The average Bonchev–Trinajstić information content (AvgIpc) is 3.09. The number of carbonyl (C=O) groups excluding carboxylic acids is 3. The SMILES string of the molecule is CC(C)(C)OC(=O)NCCCN1C(=O)c2c(c3ccc2o3)C1=O. The van der Waals surface area contributed by atoms with Gasteiger partial charge in [-0.1, -0.05) is 0 Å². The molecule has 2 bridgehead atoms. The molecule has 1 aliphatic heterocycles. The van der Waals surface area contributed by atoms with Crippen molar-refractivity contribution in [2.45, 2.75) is 32.8 Å². The third-order valence-electron chi connectivity index (χ3n) is 3.49. The molecule has 0 saturated heterocycles. The molecule has 3 rings (SSSR count). The topological polar surface area (TPSA) is 88.8 Å². The van der Waals surface area contributed by atoms with E-state index in [-0.39, 0.29) is 18.4 Å². The van der Waals surface area contributed by atoms with Crippen molar-refractivity contribution in [3.05, 3.63) is 23.3 Å². The van der Waals surface area contributed by atoms with Gasteiger partial charge in [-0.2, -0.15) is 0 Å².